The molecule has 6 nitrogen and oxygen atoms in total. The molecule has 25 heavy (non-hydrogen) atoms. The second-order valence-corrected chi connectivity index (χ2v) is 7.07. The number of hydrogen-bond acceptors (Lipinski definition) is 5. The number of rotatable bonds is 5. The standard InChI is InChI=1S/C18H21N3O3S/c1-12-10-13(2)20-18-17(12)21(7-9-25-18)16(23)6-5-15(22)19-11-14-4-3-8-24-14/h3-4,8,10H,5-7,9,11H2,1-2H3,(H,19,22). The van der Waals surface area contributed by atoms with Gasteiger partial charge in [0.25, 0.3) is 0 Å². The van der Waals surface area contributed by atoms with Crippen molar-refractivity contribution in [1.82, 2.24) is 10.3 Å². The summed E-state index contributed by atoms with van der Waals surface area (Å²) in [5.74, 6) is 1.32. The topological polar surface area (TPSA) is 75.4 Å². The van der Waals surface area contributed by atoms with Gasteiger partial charge in [-0.25, -0.2) is 4.98 Å². The van der Waals surface area contributed by atoms with Crippen molar-refractivity contribution in [2.45, 2.75) is 38.3 Å². The second kappa shape index (κ2) is 7.74. The van der Waals surface area contributed by atoms with Crippen LogP contribution >= 0.6 is 11.8 Å². The number of carbonyl (C=O) groups excluding carboxylic acids is 2. The third-order valence-corrected chi connectivity index (χ3v) is 4.95. The quantitative estimate of drug-likeness (QED) is 0.888. The number of aryl methyl sites for hydroxylation is 2. The highest BCUT2D eigenvalue weighted by Gasteiger charge is 2.26. The minimum Gasteiger partial charge on any atom is -0.467 e. The van der Waals surface area contributed by atoms with E-state index in [9.17, 15) is 9.59 Å². The van der Waals surface area contributed by atoms with Gasteiger partial charge in [0.1, 0.15) is 10.8 Å². The first-order valence-corrected chi connectivity index (χ1v) is 9.23. The zero-order valence-electron chi connectivity index (χ0n) is 14.4. The van der Waals surface area contributed by atoms with Gasteiger partial charge < -0.3 is 14.6 Å². The van der Waals surface area contributed by atoms with E-state index in [1.54, 1.807) is 35.1 Å². The molecular formula is C18H21N3O3S. The number of pyridine rings is 1. The number of furan rings is 1. The molecule has 2 amide bonds. The van der Waals surface area contributed by atoms with E-state index >= 15 is 0 Å². The third-order valence-electron chi connectivity index (χ3n) is 4.01. The Kier molecular flexibility index (Phi) is 5.43. The summed E-state index contributed by atoms with van der Waals surface area (Å²) < 4.78 is 5.17. The molecule has 7 heteroatoms. The van der Waals surface area contributed by atoms with Gasteiger partial charge in [-0.05, 0) is 37.6 Å². The van der Waals surface area contributed by atoms with Gasteiger partial charge >= 0.3 is 0 Å². The van der Waals surface area contributed by atoms with E-state index in [4.69, 9.17) is 4.42 Å². The van der Waals surface area contributed by atoms with Crippen LogP contribution in [0.25, 0.3) is 0 Å². The fourth-order valence-corrected chi connectivity index (χ4v) is 3.95. The smallest absolute Gasteiger partial charge is 0.227 e. The molecule has 0 radical (unpaired) electrons. The van der Waals surface area contributed by atoms with Gasteiger partial charge in [0, 0.05) is 30.8 Å². The Morgan fingerprint density at radius 1 is 1.36 bits per heavy atom. The van der Waals surface area contributed by atoms with Gasteiger partial charge in [0.2, 0.25) is 11.8 Å². The maximum Gasteiger partial charge on any atom is 0.227 e. The van der Waals surface area contributed by atoms with E-state index in [1.807, 2.05) is 19.9 Å². The van der Waals surface area contributed by atoms with Gasteiger partial charge in [-0.2, -0.15) is 0 Å². The van der Waals surface area contributed by atoms with Gasteiger partial charge in [-0.1, -0.05) is 0 Å². The lowest BCUT2D eigenvalue weighted by molar-refractivity contribution is -0.125. The summed E-state index contributed by atoms with van der Waals surface area (Å²) in [5.41, 5.74) is 2.89. The molecule has 2 aromatic rings. The second-order valence-electron chi connectivity index (χ2n) is 5.98. The molecule has 0 saturated carbocycles. The Hall–Kier alpha value is -2.28. The van der Waals surface area contributed by atoms with Gasteiger partial charge in [-0.15, -0.1) is 11.8 Å². The first-order chi connectivity index (χ1) is 12.0. The van der Waals surface area contributed by atoms with E-state index in [1.165, 1.54) is 0 Å². The lowest BCUT2D eigenvalue weighted by Crippen LogP contribution is -2.37. The van der Waals surface area contributed by atoms with Crippen LogP contribution in [0.2, 0.25) is 0 Å². The van der Waals surface area contributed by atoms with E-state index < -0.39 is 0 Å². The maximum absolute atomic E-state index is 12.6. The summed E-state index contributed by atoms with van der Waals surface area (Å²) in [5, 5.41) is 3.66. The predicted molar refractivity (Wildman–Crippen MR) is 96.6 cm³/mol. The number of nitrogens with zero attached hydrogens (tertiary/aromatic N) is 2. The normalized spacial score (nSPS) is 13.4. The van der Waals surface area contributed by atoms with Crippen molar-refractivity contribution in [2.24, 2.45) is 0 Å². The number of carbonyl (C=O) groups is 2. The van der Waals surface area contributed by atoms with Crippen LogP contribution in [-0.4, -0.2) is 29.1 Å². The molecule has 0 bridgehead atoms. The number of hydrogen-bond donors (Lipinski definition) is 1. The van der Waals surface area contributed by atoms with Crippen molar-refractivity contribution >= 4 is 29.3 Å². The minimum absolute atomic E-state index is 0.0385. The SMILES string of the molecule is Cc1cc(C)c2c(n1)SCCN2C(=O)CCC(=O)NCc1ccco1. The van der Waals surface area contributed by atoms with Crippen LogP contribution in [-0.2, 0) is 16.1 Å². The monoisotopic (exact) mass is 359 g/mol. The molecule has 3 rings (SSSR count). The van der Waals surface area contributed by atoms with Crippen molar-refractivity contribution in [2.75, 3.05) is 17.2 Å². The molecule has 132 valence electrons. The predicted octanol–water partition coefficient (Wildman–Crippen LogP) is 2.83. The number of aromatic nitrogens is 1. The van der Waals surface area contributed by atoms with E-state index in [0.29, 0.717) is 18.8 Å². The van der Waals surface area contributed by atoms with Gasteiger partial charge in [0.15, 0.2) is 0 Å². The first-order valence-electron chi connectivity index (χ1n) is 8.25. The first kappa shape index (κ1) is 17.5. The summed E-state index contributed by atoms with van der Waals surface area (Å²) in [7, 11) is 0. The Balaban J connectivity index is 1.58. The molecule has 0 atom stereocenters. The number of amides is 2. The lowest BCUT2D eigenvalue weighted by atomic mass is 10.1. The number of thioether (sulfide) groups is 1. The van der Waals surface area contributed by atoms with Gasteiger partial charge in [-0.3, -0.25) is 9.59 Å². The van der Waals surface area contributed by atoms with Crippen LogP contribution in [0.4, 0.5) is 5.69 Å². The van der Waals surface area contributed by atoms with Crippen LogP contribution in [0.5, 0.6) is 0 Å². The summed E-state index contributed by atoms with van der Waals surface area (Å²) in [6.07, 6.45) is 1.91. The Labute approximate surface area is 151 Å². The fourth-order valence-electron chi connectivity index (χ4n) is 2.86. The number of anilines is 1. The van der Waals surface area contributed by atoms with Gasteiger partial charge in [0.05, 0.1) is 18.5 Å². The maximum atomic E-state index is 12.6. The van der Waals surface area contributed by atoms with Crippen LogP contribution in [0.15, 0.2) is 33.9 Å². The van der Waals surface area contributed by atoms with Crippen LogP contribution in [0.1, 0.15) is 29.9 Å². The highest BCUT2D eigenvalue weighted by Crippen LogP contribution is 2.36. The fraction of sp³-hybridized carbons (Fsp3) is 0.389. The largest absolute Gasteiger partial charge is 0.467 e. The molecule has 0 aromatic carbocycles. The molecule has 3 heterocycles. The lowest BCUT2D eigenvalue weighted by Gasteiger charge is -2.30. The third kappa shape index (κ3) is 4.22. The van der Waals surface area contributed by atoms with Crippen molar-refractivity contribution in [3.63, 3.8) is 0 Å². The summed E-state index contributed by atoms with van der Waals surface area (Å²) in [6, 6.07) is 5.56. The Bertz CT molecular complexity index is 774. The van der Waals surface area contributed by atoms with Crippen molar-refractivity contribution in [1.29, 1.82) is 0 Å². The molecule has 0 unspecified atom stereocenters. The molecule has 1 N–H and O–H groups in total. The zero-order valence-corrected chi connectivity index (χ0v) is 15.2. The highest BCUT2D eigenvalue weighted by atomic mass is 32.2. The number of fused-ring (bicyclic) bond motifs is 1. The van der Waals surface area contributed by atoms with Crippen molar-refractivity contribution < 1.29 is 14.0 Å². The molecule has 2 aromatic heterocycles. The van der Waals surface area contributed by atoms with E-state index in [2.05, 4.69) is 10.3 Å². The molecular weight excluding hydrogens is 338 g/mol. The summed E-state index contributed by atoms with van der Waals surface area (Å²) in [6.45, 7) is 4.94. The summed E-state index contributed by atoms with van der Waals surface area (Å²) >= 11 is 1.67. The molecule has 0 fully saturated rings. The molecule has 0 spiro atoms. The Morgan fingerprint density at radius 2 is 2.20 bits per heavy atom. The molecule has 0 saturated heterocycles. The van der Waals surface area contributed by atoms with Crippen molar-refractivity contribution in [3.8, 4) is 0 Å². The van der Waals surface area contributed by atoms with E-state index in [0.717, 1.165) is 27.7 Å². The Morgan fingerprint density at radius 3 is 2.96 bits per heavy atom. The van der Waals surface area contributed by atoms with Crippen LogP contribution < -0.4 is 10.2 Å². The molecule has 0 aliphatic carbocycles. The molecule has 1 aliphatic heterocycles. The average molecular weight is 359 g/mol. The minimum atomic E-state index is -0.157. The number of nitrogens with one attached hydrogen (secondary N) is 1. The summed E-state index contributed by atoms with van der Waals surface area (Å²) in [4.78, 5) is 30.9. The highest BCUT2D eigenvalue weighted by molar-refractivity contribution is 7.99. The van der Waals surface area contributed by atoms with Crippen molar-refractivity contribution in [3.05, 3.63) is 41.5 Å². The molecule has 1 aliphatic rings. The zero-order chi connectivity index (χ0) is 17.8. The van der Waals surface area contributed by atoms with E-state index in [-0.39, 0.29) is 24.7 Å². The van der Waals surface area contributed by atoms with Crippen LogP contribution in [0.3, 0.4) is 0 Å². The van der Waals surface area contributed by atoms with Crippen LogP contribution in [0, 0.1) is 13.8 Å². The average Bonchev–Trinajstić information content (AvgIpc) is 3.10.